The number of nitrogens with one attached hydrogen (secondary N) is 1. The lowest BCUT2D eigenvalue weighted by atomic mass is 10.1. The first kappa shape index (κ1) is 26.8. The molecule has 0 spiro atoms. The maximum atomic E-state index is 14.1. The molecule has 34 heavy (non-hydrogen) atoms. The highest BCUT2D eigenvalue weighted by Gasteiger charge is 2.34. The van der Waals surface area contributed by atoms with Crippen LogP contribution in [0.2, 0.25) is 0 Å². The number of aliphatic hydroxyl groups is 1. The van der Waals surface area contributed by atoms with Crippen LogP contribution in [0, 0.1) is 5.41 Å². The summed E-state index contributed by atoms with van der Waals surface area (Å²) in [5.74, 6) is -2.50. The average molecular weight is 495 g/mol. The van der Waals surface area contributed by atoms with Crippen molar-refractivity contribution in [2.45, 2.75) is 30.7 Å². The lowest BCUT2D eigenvalue weighted by molar-refractivity contribution is -0.138. The lowest BCUT2D eigenvalue weighted by Gasteiger charge is -2.24. The van der Waals surface area contributed by atoms with E-state index in [9.17, 15) is 45.4 Å². The van der Waals surface area contributed by atoms with E-state index in [4.69, 9.17) is 14.9 Å². The van der Waals surface area contributed by atoms with Crippen molar-refractivity contribution in [1.29, 1.82) is 5.41 Å². The third-order valence-electron chi connectivity index (χ3n) is 4.38. The van der Waals surface area contributed by atoms with Gasteiger partial charge in [-0.25, -0.2) is 14.0 Å². The van der Waals surface area contributed by atoms with Crippen LogP contribution in [0.3, 0.4) is 0 Å². The highest BCUT2D eigenvalue weighted by molar-refractivity contribution is 5.90. The van der Waals surface area contributed by atoms with Crippen LogP contribution in [-0.2, 0) is 21.8 Å². The average Bonchev–Trinajstić information content (AvgIpc) is 2.79. The summed E-state index contributed by atoms with van der Waals surface area (Å²) in [5, 5.41) is 17.1. The maximum absolute atomic E-state index is 14.1. The van der Waals surface area contributed by atoms with Crippen LogP contribution in [0.25, 0.3) is 0 Å². The fraction of sp³-hybridized carbons (Fsp3) is 0.286. The zero-order valence-electron chi connectivity index (χ0n) is 16.9. The van der Waals surface area contributed by atoms with Gasteiger partial charge in [-0.15, -0.1) is 0 Å². The van der Waals surface area contributed by atoms with Crippen molar-refractivity contribution in [3.05, 3.63) is 70.8 Å². The molecule has 2 rings (SSSR count). The topological polar surface area (TPSA) is 96.7 Å². The van der Waals surface area contributed by atoms with E-state index in [1.54, 1.807) is 0 Å². The molecule has 0 aliphatic heterocycles. The molecule has 0 bridgehead atoms. The summed E-state index contributed by atoms with van der Waals surface area (Å²) in [5.41, 5.74) is -2.81. The van der Waals surface area contributed by atoms with Crippen molar-refractivity contribution in [3.63, 3.8) is 0 Å². The monoisotopic (exact) mass is 495 g/mol. The number of benzene rings is 2. The van der Waals surface area contributed by atoms with Gasteiger partial charge >= 0.3 is 24.3 Å². The molecule has 0 saturated heterocycles. The largest absolute Gasteiger partial charge is 0.459 e. The highest BCUT2D eigenvalue weighted by Crippen LogP contribution is 2.30. The normalized spacial score (nSPS) is 14.6. The van der Waals surface area contributed by atoms with Crippen LogP contribution in [0.1, 0.15) is 31.8 Å². The van der Waals surface area contributed by atoms with Gasteiger partial charge in [0.2, 0.25) is 0 Å². The van der Waals surface area contributed by atoms with Gasteiger partial charge in [0.05, 0.1) is 22.3 Å². The van der Waals surface area contributed by atoms with Crippen molar-refractivity contribution < 1.29 is 54.9 Å². The Hall–Kier alpha value is -3.48. The molecular weight excluding hydrogens is 479 g/mol. The van der Waals surface area contributed by atoms with E-state index in [1.807, 2.05) is 0 Å². The van der Waals surface area contributed by atoms with E-state index in [1.165, 1.54) is 0 Å². The Morgan fingerprint density at radius 1 is 0.853 bits per heavy atom. The van der Waals surface area contributed by atoms with E-state index in [-0.39, 0.29) is 11.8 Å². The van der Waals surface area contributed by atoms with Crippen LogP contribution in [0.4, 0.5) is 30.7 Å². The molecule has 0 aliphatic rings. The molecule has 0 heterocycles. The quantitative estimate of drug-likeness (QED) is 0.321. The van der Waals surface area contributed by atoms with Crippen molar-refractivity contribution >= 4 is 18.2 Å². The Bertz CT molecular complexity index is 1000. The standard InChI is InChI=1S/C21H16F7NO5/c22-15(9-29)17(34-19(32)12-3-7-14(8-4-12)21(26,27)28)16(30)10-33-18(31)11-1-5-13(6-2-11)20(23,24)25/h1-9,15-17,29-30H,10H2/t15-,16-,17+/m1/s1. The fourth-order valence-electron chi connectivity index (χ4n) is 2.57. The molecule has 0 aliphatic carbocycles. The van der Waals surface area contributed by atoms with Crippen molar-refractivity contribution in [1.82, 2.24) is 0 Å². The minimum absolute atomic E-state index is 0.172. The molecule has 0 fully saturated rings. The number of halogens is 7. The van der Waals surface area contributed by atoms with Gasteiger partial charge in [-0.1, -0.05) is 0 Å². The van der Waals surface area contributed by atoms with Gasteiger partial charge in [-0.05, 0) is 48.5 Å². The van der Waals surface area contributed by atoms with Crippen molar-refractivity contribution in [2.24, 2.45) is 0 Å². The molecular formula is C21H16F7NO5. The Kier molecular flexibility index (Phi) is 8.37. The zero-order chi connectivity index (χ0) is 25.7. The van der Waals surface area contributed by atoms with Crippen LogP contribution < -0.4 is 0 Å². The smallest absolute Gasteiger partial charge is 0.416 e. The van der Waals surface area contributed by atoms with E-state index in [0.29, 0.717) is 24.3 Å². The molecule has 2 N–H and O–H groups in total. The molecule has 2 aromatic rings. The minimum atomic E-state index is -4.66. The molecule has 0 aromatic heterocycles. The third-order valence-corrected chi connectivity index (χ3v) is 4.38. The zero-order valence-corrected chi connectivity index (χ0v) is 16.9. The number of carbonyl (C=O) groups is 2. The van der Waals surface area contributed by atoms with Crippen LogP contribution in [-0.4, -0.2) is 48.2 Å². The van der Waals surface area contributed by atoms with Gasteiger partial charge in [0, 0.05) is 6.21 Å². The minimum Gasteiger partial charge on any atom is -0.459 e. The van der Waals surface area contributed by atoms with Gasteiger partial charge in [0.15, 0.2) is 12.3 Å². The van der Waals surface area contributed by atoms with Crippen LogP contribution in [0.5, 0.6) is 0 Å². The Labute approximate surface area is 187 Å². The summed E-state index contributed by atoms with van der Waals surface area (Å²) in [6.07, 6.45) is -15.6. The predicted molar refractivity (Wildman–Crippen MR) is 102 cm³/mol. The summed E-state index contributed by atoms with van der Waals surface area (Å²) in [7, 11) is 0. The second kappa shape index (κ2) is 10.6. The third kappa shape index (κ3) is 7.01. The molecule has 13 heteroatoms. The number of hydrogen-bond donors (Lipinski definition) is 2. The predicted octanol–water partition coefficient (Wildman–Crippen LogP) is 4.46. The Balaban J connectivity index is 2.04. The number of hydrogen-bond acceptors (Lipinski definition) is 6. The van der Waals surface area contributed by atoms with Gasteiger partial charge in [-0.3, -0.25) is 0 Å². The van der Waals surface area contributed by atoms with Crippen LogP contribution in [0.15, 0.2) is 48.5 Å². The van der Waals surface area contributed by atoms with E-state index in [2.05, 4.69) is 0 Å². The summed E-state index contributed by atoms with van der Waals surface area (Å²) in [4.78, 5) is 24.1. The van der Waals surface area contributed by atoms with Crippen LogP contribution >= 0.6 is 0 Å². The highest BCUT2D eigenvalue weighted by atomic mass is 19.4. The fourth-order valence-corrected chi connectivity index (χ4v) is 2.57. The van der Waals surface area contributed by atoms with Gasteiger partial charge in [0.1, 0.15) is 12.7 Å². The van der Waals surface area contributed by atoms with E-state index >= 15 is 0 Å². The number of esters is 2. The summed E-state index contributed by atoms with van der Waals surface area (Å²) in [6.45, 7) is -0.973. The molecule has 6 nitrogen and oxygen atoms in total. The second-order valence-electron chi connectivity index (χ2n) is 6.80. The molecule has 0 amide bonds. The summed E-state index contributed by atoms with van der Waals surface area (Å²) < 4.78 is 99.1. The number of rotatable bonds is 8. The Morgan fingerprint density at radius 2 is 1.26 bits per heavy atom. The SMILES string of the molecule is N=C[C@@H](F)[C@H](OC(=O)c1ccc(C(F)(F)F)cc1)[C@H](O)COC(=O)c1ccc(C(F)(F)F)cc1. The molecule has 0 unspecified atom stereocenters. The molecule has 0 radical (unpaired) electrons. The second-order valence-corrected chi connectivity index (χ2v) is 6.80. The van der Waals surface area contributed by atoms with Gasteiger partial charge in [0.25, 0.3) is 0 Å². The molecule has 2 aromatic carbocycles. The van der Waals surface area contributed by atoms with E-state index < -0.39 is 66.0 Å². The first-order valence-corrected chi connectivity index (χ1v) is 9.29. The number of aliphatic hydroxyl groups excluding tert-OH is 1. The summed E-state index contributed by atoms with van der Waals surface area (Å²) in [6, 6.07) is 5.55. The molecule has 184 valence electrons. The maximum Gasteiger partial charge on any atom is 0.416 e. The van der Waals surface area contributed by atoms with E-state index in [0.717, 1.165) is 24.3 Å². The van der Waals surface area contributed by atoms with Crippen molar-refractivity contribution in [2.75, 3.05) is 6.61 Å². The number of ether oxygens (including phenoxy) is 2. The lowest BCUT2D eigenvalue weighted by Crippen LogP contribution is -2.42. The van der Waals surface area contributed by atoms with Gasteiger partial charge in [-0.2, -0.15) is 26.3 Å². The molecule has 3 atom stereocenters. The van der Waals surface area contributed by atoms with Crippen molar-refractivity contribution in [3.8, 4) is 0 Å². The first-order chi connectivity index (χ1) is 15.7. The first-order valence-electron chi connectivity index (χ1n) is 9.29. The van der Waals surface area contributed by atoms with Gasteiger partial charge < -0.3 is 20.0 Å². The summed E-state index contributed by atoms with van der Waals surface area (Å²) >= 11 is 0. The number of alkyl halides is 7. The number of carbonyl (C=O) groups excluding carboxylic acids is 2. The Morgan fingerprint density at radius 3 is 1.65 bits per heavy atom. The molecule has 0 saturated carbocycles.